The molecule has 8 atom stereocenters. The normalized spacial score (nSPS) is 31.1. The molecule has 51 heavy (non-hydrogen) atoms. The lowest BCUT2D eigenvalue weighted by Gasteiger charge is -2.39. The summed E-state index contributed by atoms with van der Waals surface area (Å²) >= 11 is 0. The molecule has 13 heteroatoms. The lowest BCUT2D eigenvalue weighted by atomic mass is 9.77. The number of benzene rings is 2. The number of aliphatic hydroxyl groups is 1. The average Bonchev–Trinajstić information content (AvgIpc) is 3.72. The van der Waals surface area contributed by atoms with E-state index in [0.29, 0.717) is 17.5 Å². The van der Waals surface area contributed by atoms with Crippen molar-refractivity contribution < 1.29 is 33.8 Å². The Balaban J connectivity index is 1.32. The Labute approximate surface area is 296 Å². The number of carbonyl (C=O) groups is 4. The van der Waals surface area contributed by atoms with Gasteiger partial charge in [0.1, 0.15) is 35.9 Å². The smallest absolute Gasteiger partial charge is 0.313 e. The molecule has 5 heterocycles. The van der Waals surface area contributed by atoms with E-state index in [0.717, 1.165) is 5.52 Å². The van der Waals surface area contributed by atoms with Crippen LogP contribution in [0.2, 0.25) is 0 Å². The third kappa shape index (κ3) is 5.81. The van der Waals surface area contributed by atoms with Crippen molar-refractivity contribution >= 4 is 34.7 Å². The average molecular weight is 697 g/mol. The largest absolute Gasteiger partial charge is 0.455 e. The maximum atomic E-state index is 14.9. The van der Waals surface area contributed by atoms with Crippen LogP contribution in [0.3, 0.4) is 0 Å². The zero-order valence-corrected chi connectivity index (χ0v) is 29.2. The van der Waals surface area contributed by atoms with Gasteiger partial charge in [0.05, 0.1) is 36.2 Å². The lowest BCUT2D eigenvalue weighted by Crippen LogP contribution is -2.59. The predicted octanol–water partition coefficient (Wildman–Crippen LogP) is 2.87. The van der Waals surface area contributed by atoms with Crippen LogP contribution in [0, 0.1) is 17.8 Å². The fourth-order valence-electron chi connectivity index (χ4n) is 8.16. The fraction of sp³-hybridized carbons (Fsp3) is 0.474. The number of amides is 3. The molecule has 1 spiro atoms. The minimum Gasteiger partial charge on any atom is -0.455 e. The Morgan fingerprint density at radius 1 is 1.00 bits per heavy atom. The summed E-state index contributed by atoms with van der Waals surface area (Å²) in [5, 5.41) is 19.2. The van der Waals surface area contributed by atoms with Crippen LogP contribution < -0.4 is 0 Å². The number of esters is 1. The summed E-state index contributed by atoms with van der Waals surface area (Å²) in [6.45, 7) is 5.45. The van der Waals surface area contributed by atoms with Crippen LogP contribution in [0.5, 0.6) is 0 Å². The number of likely N-dealkylation sites (tertiary alicyclic amines) is 1. The molecule has 3 aromatic rings. The molecule has 0 bridgehead atoms. The minimum absolute atomic E-state index is 0.0570. The minimum atomic E-state index is -1.55. The number of likely N-dealkylation sites (N-methyl/N-ethyl adjacent to an activating group) is 1. The van der Waals surface area contributed by atoms with Crippen LogP contribution >= 0.6 is 0 Å². The number of nitrogens with zero attached hydrogens (tertiary/aromatic N) is 6. The molecular weight excluding hydrogens is 652 g/mol. The maximum absolute atomic E-state index is 14.9. The number of hydrogen-bond acceptors (Lipinski definition) is 9. The van der Waals surface area contributed by atoms with Crippen LogP contribution in [-0.2, 0) is 35.3 Å². The van der Waals surface area contributed by atoms with Crippen molar-refractivity contribution in [1.82, 2.24) is 29.7 Å². The predicted molar refractivity (Wildman–Crippen MR) is 185 cm³/mol. The van der Waals surface area contributed by atoms with Crippen molar-refractivity contribution in [2.24, 2.45) is 17.8 Å². The van der Waals surface area contributed by atoms with Gasteiger partial charge < -0.3 is 29.3 Å². The van der Waals surface area contributed by atoms with Gasteiger partial charge in [-0.25, -0.2) is 4.68 Å². The molecule has 1 aromatic heterocycles. The highest BCUT2D eigenvalue weighted by Crippen LogP contribution is 2.54. The first kappa shape index (κ1) is 34.6. The molecule has 1 N–H and O–H groups in total. The van der Waals surface area contributed by atoms with E-state index < -0.39 is 65.6 Å². The van der Waals surface area contributed by atoms with Gasteiger partial charge in [0.15, 0.2) is 0 Å². The quantitative estimate of drug-likeness (QED) is 0.304. The summed E-state index contributed by atoms with van der Waals surface area (Å²) in [7, 11) is 1.70. The van der Waals surface area contributed by atoms with Crippen LogP contribution in [0.1, 0.15) is 45.3 Å². The monoisotopic (exact) mass is 696 g/mol. The molecule has 268 valence electrons. The number of aliphatic hydroxyl groups excluding tert-OH is 1. The Morgan fingerprint density at radius 3 is 2.49 bits per heavy atom. The molecule has 2 saturated heterocycles. The van der Waals surface area contributed by atoms with E-state index in [1.165, 1.54) is 4.90 Å². The van der Waals surface area contributed by atoms with Gasteiger partial charge in [-0.3, -0.25) is 19.2 Å². The van der Waals surface area contributed by atoms with Crippen molar-refractivity contribution in [3.05, 3.63) is 84.5 Å². The number of fused-ring (bicyclic) bond motifs is 3. The highest BCUT2D eigenvalue weighted by atomic mass is 16.6. The zero-order chi connectivity index (χ0) is 36.0. The van der Waals surface area contributed by atoms with Crippen molar-refractivity contribution in [3.63, 3.8) is 0 Å². The maximum Gasteiger partial charge on any atom is 0.313 e. The summed E-state index contributed by atoms with van der Waals surface area (Å²) < 4.78 is 14.8. The van der Waals surface area contributed by atoms with Crippen molar-refractivity contribution in [2.45, 2.75) is 76.2 Å². The SMILES string of the molecule is CC(C)[C@H](CO)N1C(=O)[C@H]2[C@@H]3C(=O)O[C@@H](c4ccccc4)[C@H](C)N(C)C(=O)CC/C=C\[C@@H]3O[C@]23C=CCN(Cn2nnc4ccccc42)C(=O)[C@H]13. The van der Waals surface area contributed by atoms with Gasteiger partial charge in [0.25, 0.3) is 5.91 Å². The molecule has 3 amide bonds. The number of rotatable bonds is 6. The first-order chi connectivity index (χ1) is 24.6. The molecule has 0 saturated carbocycles. The molecule has 4 aliphatic rings. The van der Waals surface area contributed by atoms with Crippen LogP contribution in [-0.4, -0.2) is 109 Å². The molecule has 2 aromatic carbocycles. The van der Waals surface area contributed by atoms with Crippen molar-refractivity contribution in [3.8, 4) is 0 Å². The molecule has 4 aliphatic heterocycles. The van der Waals surface area contributed by atoms with Crippen molar-refractivity contribution in [1.29, 1.82) is 0 Å². The highest BCUT2D eigenvalue weighted by molar-refractivity contribution is 5.99. The number of cyclic esters (lactones) is 1. The van der Waals surface area contributed by atoms with E-state index in [1.54, 1.807) is 45.8 Å². The highest BCUT2D eigenvalue weighted by Gasteiger charge is 2.72. The summed E-state index contributed by atoms with van der Waals surface area (Å²) in [5.74, 6) is -4.08. The number of ether oxygens (including phenoxy) is 2. The fourth-order valence-corrected chi connectivity index (χ4v) is 8.16. The Morgan fingerprint density at radius 2 is 1.75 bits per heavy atom. The van der Waals surface area contributed by atoms with Gasteiger partial charge in [-0.2, -0.15) is 0 Å². The number of para-hydroxylation sites is 1. The van der Waals surface area contributed by atoms with Crippen LogP contribution in [0.15, 0.2) is 78.9 Å². The Kier molecular flexibility index (Phi) is 9.27. The van der Waals surface area contributed by atoms with E-state index >= 15 is 0 Å². The number of aromatic nitrogens is 3. The molecule has 7 rings (SSSR count). The zero-order valence-electron chi connectivity index (χ0n) is 29.2. The first-order valence-electron chi connectivity index (χ1n) is 17.6. The van der Waals surface area contributed by atoms with E-state index in [1.807, 2.05) is 75.4 Å². The van der Waals surface area contributed by atoms with Gasteiger partial charge in [-0.05, 0) is 37.0 Å². The number of allylic oxidation sites excluding steroid dienone is 1. The van der Waals surface area contributed by atoms with Crippen molar-refractivity contribution in [2.75, 3.05) is 20.2 Å². The van der Waals surface area contributed by atoms with Gasteiger partial charge in [-0.1, -0.05) is 85.8 Å². The number of hydrogen-bond donors (Lipinski definition) is 1. The molecule has 2 fully saturated rings. The topological polar surface area (TPSA) is 147 Å². The Hall–Kier alpha value is -4.88. The standard InChI is InChI=1S/C38H44N6O7/c1-23(2)28(21-45)44-34-36(48)42(22-43-27-16-9-8-15-26(27)39-40-43)20-12-19-38(34)32(35(44)47)31-29(51-38)17-10-11-18-30(46)41(4)24(3)33(50-37(31)49)25-13-6-5-7-14-25/h5-10,12-17,19,23-24,28-29,31-34,45H,11,18,20-22H2,1-4H3/b17-10-/t24-,28-,29-,31+,32+,33+,34-,38+/m0/s1. The summed E-state index contributed by atoms with van der Waals surface area (Å²) in [6.07, 6.45) is 5.93. The second-order valence-corrected chi connectivity index (χ2v) is 14.2. The van der Waals surface area contributed by atoms with Gasteiger partial charge in [0.2, 0.25) is 11.8 Å². The van der Waals surface area contributed by atoms with Gasteiger partial charge in [-0.15, -0.1) is 5.10 Å². The van der Waals surface area contributed by atoms with E-state index in [-0.39, 0.29) is 38.1 Å². The van der Waals surface area contributed by atoms with Gasteiger partial charge >= 0.3 is 5.97 Å². The van der Waals surface area contributed by atoms with Crippen LogP contribution in [0.4, 0.5) is 0 Å². The molecule has 0 radical (unpaired) electrons. The third-order valence-corrected chi connectivity index (χ3v) is 11.0. The summed E-state index contributed by atoms with van der Waals surface area (Å²) in [4.78, 5) is 62.3. The second kappa shape index (κ2) is 13.7. The van der Waals surface area contributed by atoms with E-state index in [2.05, 4.69) is 10.3 Å². The van der Waals surface area contributed by atoms with Gasteiger partial charge in [0, 0.05) is 20.0 Å². The van der Waals surface area contributed by atoms with E-state index in [4.69, 9.17) is 9.47 Å². The molecule has 0 unspecified atom stereocenters. The van der Waals surface area contributed by atoms with E-state index in [9.17, 15) is 24.3 Å². The Bertz CT molecular complexity index is 1880. The summed E-state index contributed by atoms with van der Waals surface area (Å²) in [6, 6.07) is 14.2. The third-order valence-electron chi connectivity index (χ3n) is 11.0. The second-order valence-electron chi connectivity index (χ2n) is 14.2. The lowest BCUT2D eigenvalue weighted by molar-refractivity contribution is -0.165. The number of carbonyl (C=O) groups excluding carboxylic acids is 4. The summed E-state index contributed by atoms with van der Waals surface area (Å²) in [5.41, 5.74) is 0.582. The molecular formula is C38H44N6O7. The molecule has 0 aliphatic carbocycles. The van der Waals surface area contributed by atoms with Crippen LogP contribution in [0.25, 0.3) is 11.0 Å². The molecule has 13 nitrogen and oxygen atoms in total. The first-order valence-corrected chi connectivity index (χ1v) is 17.6.